The standard InChI is InChI=1S/C7H9N3O/c1-4(2)6-5(3-8)7(9)10-11-6/h4H,1-2H3,(H2,9,10). The summed E-state index contributed by atoms with van der Waals surface area (Å²) in [7, 11) is 0. The van der Waals surface area contributed by atoms with E-state index in [1.54, 1.807) is 0 Å². The summed E-state index contributed by atoms with van der Waals surface area (Å²) < 4.78 is 4.85. The van der Waals surface area contributed by atoms with Gasteiger partial charge in [-0.15, -0.1) is 0 Å². The van der Waals surface area contributed by atoms with Crippen LogP contribution in [-0.4, -0.2) is 5.16 Å². The molecule has 0 unspecified atom stereocenters. The van der Waals surface area contributed by atoms with Crippen LogP contribution in [0.1, 0.15) is 31.1 Å². The minimum Gasteiger partial charge on any atom is -0.380 e. The summed E-state index contributed by atoms with van der Waals surface area (Å²) in [6.45, 7) is 3.83. The van der Waals surface area contributed by atoms with Crippen LogP contribution in [0.15, 0.2) is 4.52 Å². The van der Waals surface area contributed by atoms with Crippen molar-refractivity contribution in [1.82, 2.24) is 5.16 Å². The van der Waals surface area contributed by atoms with Gasteiger partial charge in [0.2, 0.25) is 0 Å². The fraction of sp³-hybridized carbons (Fsp3) is 0.429. The Morgan fingerprint density at radius 2 is 2.27 bits per heavy atom. The van der Waals surface area contributed by atoms with Crippen LogP contribution in [0.5, 0.6) is 0 Å². The summed E-state index contributed by atoms with van der Waals surface area (Å²) in [5.74, 6) is 0.885. The molecule has 0 aliphatic rings. The molecule has 2 N–H and O–H groups in total. The van der Waals surface area contributed by atoms with Crippen LogP contribution in [0.4, 0.5) is 5.82 Å². The molecule has 0 aliphatic carbocycles. The van der Waals surface area contributed by atoms with Crippen molar-refractivity contribution in [3.63, 3.8) is 0 Å². The maximum Gasteiger partial charge on any atom is 0.185 e. The Morgan fingerprint density at radius 3 is 2.64 bits per heavy atom. The molecule has 11 heavy (non-hydrogen) atoms. The van der Waals surface area contributed by atoms with Crippen LogP contribution in [-0.2, 0) is 0 Å². The molecule has 0 aromatic carbocycles. The molecule has 0 atom stereocenters. The first-order chi connectivity index (χ1) is 5.16. The Hall–Kier alpha value is -1.50. The van der Waals surface area contributed by atoms with Crippen molar-refractivity contribution in [3.05, 3.63) is 11.3 Å². The lowest BCUT2D eigenvalue weighted by atomic mass is 10.1. The van der Waals surface area contributed by atoms with Gasteiger partial charge in [0.1, 0.15) is 11.6 Å². The van der Waals surface area contributed by atoms with Crippen molar-refractivity contribution in [2.24, 2.45) is 0 Å². The second kappa shape index (κ2) is 2.62. The first-order valence-corrected chi connectivity index (χ1v) is 3.32. The number of nitrogens with two attached hydrogens (primary N) is 1. The van der Waals surface area contributed by atoms with Crippen LogP contribution in [0.25, 0.3) is 0 Å². The SMILES string of the molecule is CC(C)c1onc(N)c1C#N. The van der Waals surface area contributed by atoms with Gasteiger partial charge in [0, 0.05) is 5.92 Å². The van der Waals surface area contributed by atoms with Gasteiger partial charge in [-0.3, -0.25) is 0 Å². The number of anilines is 1. The summed E-state index contributed by atoms with van der Waals surface area (Å²) in [6.07, 6.45) is 0. The molecule has 0 aliphatic heterocycles. The van der Waals surface area contributed by atoms with Crippen LogP contribution < -0.4 is 5.73 Å². The van der Waals surface area contributed by atoms with Gasteiger partial charge in [-0.2, -0.15) is 5.26 Å². The fourth-order valence-electron chi connectivity index (χ4n) is 0.822. The Kier molecular flexibility index (Phi) is 1.81. The van der Waals surface area contributed by atoms with Gasteiger partial charge in [-0.1, -0.05) is 19.0 Å². The third-order valence-corrected chi connectivity index (χ3v) is 1.38. The summed E-state index contributed by atoms with van der Waals surface area (Å²) >= 11 is 0. The summed E-state index contributed by atoms with van der Waals surface area (Å²) in [6, 6.07) is 1.94. The molecule has 1 rings (SSSR count). The highest BCUT2D eigenvalue weighted by Gasteiger charge is 2.15. The zero-order chi connectivity index (χ0) is 8.43. The molecule has 0 fully saturated rings. The summed E-state index contributed by atoms with van der Waals surface area (Å²) in [5.41, 5.74) is 5.72. The maximum atomic E-state index is 8.61. The normalized spacial score (nSPS) is 10.0. The lowest BCUT2D eigenvalue weighted by molar-refractivity contribution is 0.373. The molecule has 4 nitrogen and oxygen atoms in total. The van der Waals surface area contributed by atoms with E-state index in [0.29, 0.717) is 11.3 Å². The number of aromatic nitrogens is 1. The third-order valence-electron chi connectivity index (χ3n) is 1.38. The largest absolute Gasteiger partial charge is 0.380 e. The Balaban J connectivity index is 3.19. The van der Waals surface area contributed by atoms with E-state index in [1.165, 1.54) is 0 Å². The average molecular weight is 151 g/mol. The molecule has 0 bridgehead atoms. The van der Waals surface area contributed by atoms with Crippen LogP contribution in [0.2, 0.25) is 0 Å². The van der Waals surface area contributed by atoms with Crippen molar-refractivity contribution in [2.45, 2.75) is 19.8 Å². The maximum absolute atomic E-state index is 8.61. The van der Waals surface area contributed by atoms with E-state index < -0.39 is 0 Å². The van der Waals surface area contributed by atoms with Gasteiger partial charge >= 0.3 is 0 Å². The van der Waals surface area contributed by atoms with Gasteiger partial charge in [0.25, 0.3) is 0 Å². The topological polar surface area (TPSA) is 75.8 Å². The molecular weight excluding hydrogens is 142 g/mol. The number of hydrogen-bond acceptors (Lipinski definition) is 4. The van der Waals surface area contributed by atoms with Crippen molar-refractivity contribution in [2.75, 3.05) is 5.73 Å². The Bertz CT molecular complexity index is 295. The van der Waals surface area contributed by atoms with Crippen LogP contribution >= 0.6 is 0 Å². The molecule has 1 aromatic heterocycles. The van der Waals surface area contributed by atoms with Crippen LogP contribution in [0, 0.1) is 11.3 Å². The Morgan fingerprint density at radius 1 is 1.64 bits per heavy atom. The second-order valence-corrected chi connectivity index (χ2v) is 2.57. The molecule has 0 radical (unpaired) electrons. The lowest BCUT2D eigenvalue weighted by Crippen LogP contribution is -1.91. The highest BCUT2D eigenvalue weighted by atomic mass is 16.5. The van der Waals surface area contributed by atoms with Gasteiger partial charge in [0.15, 0.2) is 11.6 Å². The number of rotatable bonds is 1. The van der Waals surface area contributed by atoms with Gasteiger partial charge in [-0.05, 0) is 0 Å². The van der Waals surface area contributed by atoms with Gasteiger partial charge in [-0.25, -0.2) is 0 Å². The first kappa shape index (κ1) is 7.61. The van der Waals surface area contributed by atoms with E-state index >= 15 is 0 Å². The molecular formula is C7H9N3O. The van der Waals surface area contributed by atoms with E-state index in [1.807, 2.05) is 19.9 Å². The van der Waals surface area contributed by atoms with E-state index in [2.05, 4.69) is 5.16 Å². The predicted molar refractivity (Wildman–Crippen MR) is 39.7 cm³/mol. The zero-order valence-corrected chi connectivity index (χ0v) is 6.46. The van der Waals surface area contributed by atoms with E-state index in [-0.39, 0.29) is 11.7 Å². The molecule has 1 aromatic rings. The molecule has 0 amide bonds. The van der Waals surface area contributed by atoms with Crippen LogP contribution in [0.3, 0.4) is 0 Å². The Labute approximate surface area is 64.6 Å². The predicted octanol–water partition coefficient (Wildman–Crippen LogP) is 1.25. The minimum atomic E-state index is 0.148. The first-order valence-electron chi connectivity index (χ1n) is 3.32. The summed E-state index contributed by atoms with van der Waals surface area (Å²) in [4.78, 5) is 0. The van der Waals surface area contributed by atoms with E-state index in [9.17, 15) is 0 Å². The smallest absolute Gasteiger partial charge is 0.185 e. The van der Waals surface area contributed by atoms with E-state index in [4.69, 9.17) is 15.5 Å². The monoisotopic (exact) mass is 151 g/mol. The molecule has 4 heteroatoms. The van der Waals surface area contributed by atoms with Gasteiger partial charge < -0.3 is 10.3 Å². The second-order valence-electron chi connectivity index (χ2n) is 2.57. The van der Waals surface area contributed by atoms with Crippen molar-refractivity contribution < 1.29 is 4.52 Å². The molecule has 0 saturated carbocycles. The highest BCUT2D eigenvalue weighted by molar-refractivity contribution is 5.50. The quantitative estimate of drug-likeness (QED) is 0.655. The number of hydrogen-bond donors (Lipinski definition) is 1. The summed E-state index contributed by atoms with van der Waals surface area (Å²) in [5, 5.41) is 12.1. The van der Waals surface area contributed by atoms with E-state index in [0.717, 1.165) is 0 Å². The number of nitriles is 1. The molecule has 0 saturated heterocycles. The third kappa shape index (κ3) is 1.17. The molecule has 1 heterocycles. The van der Waals surface area contributed by atoms with Crippen molar-refractivity contribution in [1.29, 1.82) is 5.26 Å². The highest BCUT2D eigenvalue weighted by Crippen LogP contribution is 2.22. The minimum absolute atomic E-state index is 0.148. The molecule has 58 valence electrons. The van der Waals surface area contributed by atoms with Gasteiger partial charge in [0.05, 0.1) is 0 Å². The zero-order valence-electron chi connectivity index (χ0n) is 6.46. The number of nitrogens with zero attached hydrogens (tertiary/aromatic N) is 2. The van der Waals surface area contributed by atoms with Crippen molar-refractivity contribution in [3.8, 4) is 6.07 Å². The number of nitrogen functional groups attached to an aromatic ring is 1. The van der Waals surface area contributed by atoms with Crippen molar-refractivity contribution >= 4 is 5.82 Å². The fourth-order valence-corrected chi connectivity index (χ4v) is 0.822. The average Bonchev–Trinajstić information content (AvgIpc) is 2.30. The molecule has 0 spiro atoms. The lowest BCUT2D eigenvalue weighted by Gasteiger charge is -1.95.